The molecule has 2 aromatic rings. The van der Waals surface area contributed by atoms with Crippen molar-refractivity contribution in [1.29, 1.82) is 0 Å². The Balaban J connectivity index is 1.57. The lowest BCUT2D eigenvalue weighted by Gasteiger charge is -2.16. The topological polar surface area (TPSA) is 49.4 Å². The molecule has 0 bridgehead atoms. The van der Waals surface area contributed by atoms with E-state index in [4.69, 9.17) is 0 Å². The van der Waals surface area contributed by atoms with Crippen LogP contribution in [0.25, 0.3) is 0 Å². The van der Waals surface area contributed by atoms with E-state index >= 15 is 0 Å². The van der Waals surface area contributed by atoms with E-state index in [0.717, 1.165) is 24.2 Å². The van der Waals surface area contributed by atoms with Gasteiger partial charge in [-0.1, -0.05) is 19.1 Å². The predicted octanol–water partition coefficient (Wildman–Crippen LogP) is 4.96. The van der Waals surface area contributed by atoms with Gasteiger partial charge in [-0.05, 0) is 54.3 Å². The number of amides is 2. The Hall–Kier alpha value is -2.83. The molecule has 0 aliphatic carbocycles. The third-order valence-corrected chi connectivity index (χ3v) is 4.83. The van der Waals surface area contributed by atoms with Crippen LogP contribution in [0.1, 0.15) is 43.2 Å². The first-order valence-corrected chi connectivity index (χ1v) is 9.11. The maximum absolute atomic E-state index is 12.6. The highest BCUT2D eigenvalue weighted by Gasteiger charge is 2.30. The second-order valence-corrected chi connectivity index (χ2v) is 6.97. The van der Waals surface area contributed by atoms with Crippen LogP contribution in [0.2, 0.25) is 0 Å². The second kappa shape index (κ2) is 8.04. The molecule has 0 aromatic heterocycles. The van der Waals surface area contributed by atoms with E-state index in [0.29, 0.717) is 24.2 Å². The number of hydrogen-bond donors (Lipinski definition) is 1. The standard InChI is InChI=1S/C21H21F3N2O2/c1-14(15-4-6-16(7-5-15)21(22,23)24)13-19(27)25-17-8-10-18(11-9-17)26-12-2-3-20(26)28/h4-11,14H,2-3,12-13H2,1H3,(H,25,27). The molecule has 148 valence electrons. The third-order valence-electron chi connectivity index (χ3n) is 4.83. The van der Waals surface area contributed by atoms with Crippen molar-refractivity contribution in [2.24, 2.45) is 0 Å². The van der Waals surface area contributed by atoms with Crippen LogP contribution in [0.3, 0.4) is 0 Å². The minimum absolute atomic E-state index is 0.0992. The Morgan fingerprint density at radius 1 is 1.11 bits per heavy atom. The smallest absolute Gasteiger partial charge is 0.326 e. The number of halogens is 3. The van der Waals surface area contributed by atoms with Gasteiger partial charge in [-0.3, -0.25) is 9.59 Å². The Labute approximate surface area is 161 Å². The first-order chi connectivity index (χ1) is 13.2. The maximum Gasteiger partial charge on any atom is 0.416 e. The highest BCUT2D eigenvalue weighted by Crippen LogP contribution is 2.31. The quantitative estimate of drug-likeness (QED) is 0.784. The van der Waals surface area contributed by atoms with E-state index in [1.54, 1.807) is 36.1 Å². The molecule has 4 nitrogen and oxygen atoms in total. The highest BCUT2D eigenvalue weighted by atomic mass is 19.4. The van der Waals surface area contributed by atoms with Gasteiger partial charge >= 0.3 is 6.18 Å². The molecule has 2 aromatic carbocycles. The van der Waals surface area contributed by atoms with Gasteiger partial charge in [-0.15, -0.1) is 0 Å². The molecule has 2 amide bonds. The average Bonchev–Trinajstić information content (AvgIpc) is 3.07. The Morgan fingerprint density at radius 2 is 1.75 bits per heavy atom. The lowest BCUT2D eigenvalue weighted by atomic mass is 9.96. The van der Waals surface area contributed by atoms with E-state index in [1.807, 2.05) is 0 Å². The monoisotopic (exact) mass is 390 g/mol. The Bertz CT molecular complexity index is 845. The van der Waals surface area contributed by atoms with E-state index < -0.39 is 11.7 Å². The SMILES string of the molecule is CC(CC(=O)Nc1ccc(N2CCCC2=O)cc1)c1ccc(C(F)(F)F)cc1. The Kier molecular flexibility index (Phi) is 5.72. The molecule has 1 atom stereocenters. The van der Waals surface area contributed by atoms with Gasteiger partial charge in [-0.2, -0.15) is 13.2 Å². The molecule has 3 rings (SSSR count). The molecule has 0 saturated carbocycles. The minimum atomic E-state index is -4.37. The summed E-state index contributed by atoms with van der Waals surface area (Å²) in [6.45, 7) is 2.50. The van der Waals surface area contributed by atoms with E-state index in [2.05, 4.69) is 5.32 Å². The number of nitrogens with zero attached hydrogens (tertiary/aromatic N) is 1. The lowest BCUT2D eigenvalue weighted by molar-refractivity contribution is -0.137. The number of carbonyl (C=O) groups excluding carboxylic acids is 2. The van der Waals surface area contributed by atoms with Crippen molar-refractivity contribution in [3.8, 4) is 0 Å². The summed E-state index contributed by atoms with van der Waals surface area (Å²) in [4.78, 5) is 25.7. The summed E-state index contributed by atoms with van der Waals surface area (Å²) < 4.78 is 37.9. The van der Waals surface area contributed by atoms with Gasteiger partial charge in [0.2, 0.25) is 11.8 Å². The van der Waals surface area contributed by atoms with Crippen molar-refractivity contribution in [3.05, 3.63) is 59.7 Å². The van der Waals surface area contributed by atoms with Gasteiger partial charge in [0.05, 0.1) is 5.56 Å². The fraction of sp³-hybridized carbons (Fsp3) is 0.333. The van der Waals surface area contributed by atoms with E-state index in [1.165, 1.54) is 12.1 Å². The van der Waals surface area contributed by atoms with Crippen LogP contribution in [0, 0.1) is 0 Å². The van der Waals surface area contributed by atoms with Gasteiger partial charge in [0.15, 0.2) is 0 Å². The van der Waals surface area contributed by atoms with Gasteiger partial charge < -0.3 is 10.2 Å². The number of nitrogens with one attached hydrogen (secondary N) is 1. The number of benzene rings is 2. The predicted molar refractivity (Wildman–Crippen MR) is 101 cm³/mol. The van der Waals surface area contributed by atoms with Gasteiger partial charge in [0.25, 0.3) is 0 Å². The van der Waals surface area contributed by atoms with E-state index in [-0.39, 0.29) is 24.2 Å². The number of alkyl halides is 3. The van der Waals surface area contributed by atoms with Crippen molar-refractivity contribution >= 4 is 23.2 Å². The first kappa shape index (κ1) is 19.9. The van der Waals surface area contributed by atoms with Gasteiger partial charge in [0.1, 0.15) is 0 Å². The number of carbonyl (C=O) groups is 2. The highest BCUT2D eigenvalue weighted by molar-refractivity contribution is 5.96. The number of anilines is 2. The summed E-state index contributed by atoms with van der Waals surface area (Å²) in [5.74, 6) is -0.344. The summed E-state index contributed by atoms with van der Waals surface area (Å²) >= 11 is 0. The summed E-state index contributed by atoms with van der Waals surface area (Å²) in [7, 11) is 0. The largest absolute Gasteiger partial charge is 0.416 e. The molecule has 0 radical (unpaired) electrons. The molecule has 1 saturated heterocycles. The number of rotatable bonds is 5. The van der Waals surface area contributed by atoms with Crippen LogP contribution in [0.15, 0.2) is 48.5 Å². The lowest BCUT2D eigenvalue weighted by Crippen LogP contribution is -2.23. The van der Waals surface area contributed by atoms with Crippen molar-refractivity contribution in [3.63, 3.8) is 0 Å². The van der Waals surface area contributed by atoms with Gasteiger partial charge in [-0.25, -0.2) is 0 Å². The van der Waals surface area contributed by atoms with Crippen molar-refractivity contribution in [2.45, 2.75) is 38.3 Å². The summed E-state index contributed by atoms with van der Waals surface area (Å²) in [6, 6.07) is 11.9. The zero-order valence-corrected chi connectivity index (χ0v) is 15.4. The summed E-state index contributed by atoms with van der Waals surface area (Å²) in [5, 5.41) is 2.78. The maximum atomic E-state index is 12.6. The molecule has 1 N–H and O–H groups in total. The summed E-state index contributed by atoms with van der Waals surface area (Å²) in [5.41, 5.74) is 1.38. The average molecular weight is 390 g/mol. The molecule has 1 aliphatic heterocycles. The van der Waals surface area contributed by atoms with Crippen LogP contribution in [0.5, 0.6) is 0 Å². The first-order valence-electron chi connectivity index (χ1n) is 9.11. The molecule has 1 heterocycles. The van der Waals surface area contributed by atoms with Gasteiger partial charge in [0, 0.05) is 30.8 Å². The molecule has 1 aliphatic rings. The zero-order chi connectivity index (χ0) is 20.3. The fourth-order valence-corrected chi connectivity index (χ4v) is 3.25. The molecule has 0 spiro atoms. The van der Waals surface area contributed by atoms with Crippen LogP contribution < -0.4 is 10.2 Å². The van der Waals surface area contributed by atoms with Crippen molar-refractivity contribution in [2.75, 3.05) is 16.8 Å². The molecular formula is C21H21F3N2O2. The van der Waals surface area contributed by atoms with Crippen LogP contribution >= 0.6 is 0 Å². The zero-order valence-electron chi connectivity index (χ0n) is 15.4. The summed E-state index contributed by atoms with van der Waals surface area (Å²) in [6.07, 6.45) is -2.82. The van der Waals surface area contributed by atoms with Crippen molar-refractivity contribution < 1.29 is 22.8 Å². The van der Waals surface area contributed by atoms with Crippen LogP contribution in [-0.2, 0) is 15.8 Å². The van der Waals surface area contributed by atoms with Crippen molar-refractivity contribution in [1.82, 2.24) is 0 Å². The van der Waals surface area contributed by atoms with E-state index in [9.17, 15) is 22.8 Å². The molecule has 28 heavy (non-hydrogen) atoms. The molecule has 1 fully saturated rings. The third kappa shape index (κ3) is 4.71. The molecule has 7 heteroatoms. The number of hydrogen-bond acceptors (Lipinski definition) is 2. The fourth-order valence-electron chi connectivity index (χ4n) is 3.25. The normalized spacial score (nSPS) is 15.6. The molecular weight excluding hydrogens is 369 g/mol. The Morgan fingerprint density at radius 3 is 2.29 bits per heavy atom. The van der Waals surface area contributed by atoms with Crippen LogP contribution in [-0.4, -0.2) is 18.4 Å². The molecule has 1 unspecified atom stereocenters. The second-order valence-electron chi connectivity index (χ2n) is 6.97. The minimum Gasteiger partial charge on any atom is -0.326 e. The van der Waals surface area contributed by atoms with Crippen LogP contribution in [0.4, 0.5) is 24.5 Å².